The first kappa shape index (κ1) is 13.7. The van der Waals surface area contributed by atoms with E-state index in [0.717, 1.165) is 25.9 Å². The SMILES string of the molecule is O=C(COC1CCNCC1)N1CCOCC1CO. The molecule has 0 bridgehead atoms. The van der Waals surface area contributed by atoms with E-state index in [4.69, 9.17) is 9.47 Å². The molecule has 104 valence electrons. The van der Waals surface area contributed by atoms with Gasteiger partial charge in [0.05, 0.1) is 32.0 Å². The third-order valence-corrected chi connectivity index (χ3v) is 3.49. The summed E-state index contributed by atoms with van der Waals surface area (Å²) in [6.07, 6.45) is 2.10. The number of carbonyl (C=O) groups excluding carboxylic acids is 1. The number of nitrogens with one attached hydrogen (secondary N) is 1. The molecule has 2 heterocycles. The quantitative estimate of drug-likeness (QED) is 0.675. The van der Waals surface area contributed by atoms with E-state index in [0.29, 0.717) is 19.8 Å². The number of nitrogens with zero attached hydrogens (tertiary/aromatic N) is 1. The minimum Gasteiger partial charge on any atom is -0.394 e. The molecule has 0 radical (unpaired) electrons. The average Bonchev–Trinajstić information content (AvgIpc) is 2.45. The van der Waals surface area contributed by atoms with Crippen LogP contribution in [0.2, 0.25) is 0 Å². The molecule has 18 heavy (non-hydrogen) atoms. The van der Waals surface area contributed by atoms with E-state index in [1.54, 1.807) is 4.90 Å². The smallest absolute Gasteiger partial charge is 0.249 e. The van der Waals surface area contributed by atoms with Crippen LogP contribution in [0.5, 0.6) is 0 Å². The van der Waals surface area contributed by atoms with Crippen LogP contribution in [0.15, 0.2) is 0 Å². The van der Waals surface area contributed by atoms with Gasteiger partial charge in [0.1, 0.15) is 6.61 Å². The Balaban J connectivity index is 1.75. The molecule has 0 aromatic heterocycles. The average molecular weight is 258 g/mol. The first-order chi connectivity index (χ1) is 8.81. The molecule has 2 fully saturated rings. The number of ether oxygens (including phenoxy) is 2. The Morgan fingerprint density at radius 2 is 2.22 bits per heavy atom. The largest absolute Gasteiger partial charge is 0.394 e. The van der Waals surface area contributed by atoms with E-state index in [9.17, 15) is 9.90 Å². The summed E-state index contributed by atoms with van der Waals surface area (Å²) in [5, 5.41) is 12.5. The van der Waals surface area contributed by atoms with Crippen molar-refractivity contribution in [2.45, 2.75) is 25.0 Å². The van der Waals surface area contributed by atoms with Gasteiger partial charge in [-0.05, 0) is 25.9 Å². The van der Waals surface area contributed by atoms with Gasteiger partial charge in [-0.3, -0.25) is 4.79 Å². The van der Waals surface area contributed by atoms with Crippen LogP contribution in [0.4, 0.5) is 0 Å². The topological polar surface area (TPSA) is 71.0 Å². The normalized spacial score (nSPS) is 26.3. The molecule has 2 aliphatic heterocycles. The highest BCUT2D eigenvalue weighted by Crippen LogP contribution is 2.10. The summed E-state index contributed by atoms with van der Waals surface area (Å²) >= 11 is 0. The van der Waals surface area contributed by atoms with Crippen molar-refractivity contribution in [3.8, 4) is 0 Å². The number of amides is 1. The maximum Gasteiger partial charge on any atom is 0.249 e. The lowest BCUT2D eigenvalue weighted by Crippen LogP contribution is -2.52. The van der Waals surface area contributed by atoms with Gasteiger partial charge in [0.2, 0.25) is 5.91 Å². The zero-order valence-corrected chi connectivity index (χ0v) is 10.6. The Labute approximate surface area is 107 Å². The predicted octanol–water partition coefficient (Wildman–Crippen LogP) is -1.03. The Kier molecular flexibility index (Phi) is 5.37. The summed E-state index contributed by atoms with van der Waals surface area (Å²) in [5.41, 5.74) is 0. The molecular formula is C12H22N2O4. The van der Waals surface area contributed by atoms with Crippen molar-refractivity contribution in [3.05, 3.63) is 0 Å². The van der Waals surface area contributed by atoms with Crippen LogP contribution < -0.4 is 5.32 Å². The Morgan fingerprint density at radius 3 is 2.94 bits per heavy atom. The van der Waals surface area contributed by atoms with E-state index in [-0.39, 0.29) is 31.3 Å². The number of rotatable bonds is 4. The molecule has 1 unspecified atom stereocenters. The molecule has 0 aromatic rings. The molecule has 2 saturated heterocycles. The van der Waals surface area contributed by atoms with Crippen LogP contribution in [-0.4, -0.2) is 74.1 Å². The van der Waals surface area contributed by atoms with Gasteiger partial charge in [-0.2, -0.15) is 0 Å². The van der Waals surface area contributed by atoms with Crippen molar-refractivity contribution in [1.82, 2.24) is 10.2 Å². The fourth-order valence-electron chi connectivity index (χ4n) is 2.37. The first-order valence-electron chi connectivity index (χ1n) is 6.61. The van der Waals surface area contributed by atoms with Crippen molar-refractivity contribution < 1.29 is 19.4 Å². The van der Waals surface area contributed by atoms with Crippen LogP contribution in [0.25, 0.3) is 0 Å². The third-order valence-electron chi connectivity index (χ3n) is 3.49. The number of aliphatic hydroxyl groups excluding tert-OH is 1. The van der Waals surface area contributed by atoms with E-state index in [1.165, 1.54) is 0 Å². The highest BCUT2D eigenvalue weighted by Gasteiger charge is 2.27. The summed E-state index contributed by atoms with van der Waals surface area (Å²) in [6.45, 7) is 3.45. The zero-order valence-electron chi connectivity index (χ0n) is 10.6. The van der Waals surface area contributed by atoms with Gasteiger partial charge in [-0.15, -0.1) is 0 Å². The number of hydrogen-bond donors (Lipinski definition) is 2. The highest BCUT2D eigenvalue weighted by atomic mass is 16.5. The Morgan fingerprint density at radius 1 is 1.44 bits per heavy atom. The molecule has 0 aliphatic carbocycles. The Bertz CT molecular complexity index is 269. The molecule has 2 aliphatic rings. The lowest BCUT2D eigenvalue weighted by Gasteiger charge is -2.35. The second-order valence-corrected chi connectivity index (χ2v) is 4.76. The fraction of sp³-hybridized carbons (Fsp3) is 0.917. The molecule has 2 N–H and O–H groups in total. The number of aliphatic hydroxyl groups is 1. The molecule has 6 heteroatoms. The van der Waals surface area contributed by atoms with Crippen LogP contribution in [-0.2, 0) is 14.3 Å². The number of hydrogen-bond acceptors (Lipinski definition) is 5. The Hall–Kier alpha value is -0.690. The molecule has 2 rings (SSSR count). The van der Waals surface area contributed by atoms with Gasteiger partial charge >= 0.3 is 0 Å². The summed E-state index contributed by atoms with van der Waals surface area (Å²) < 4.78 is 10.9. The standard InChI is InChI=1S/C12H22N2O4/c15-7-10-8-17-6-5-14(10)12(16)9-18-11-1-3-13-4-2-11/h10-11,13,15H,1-9H2. The van der Waals surface area contributed by atoms with Gasteiger partial charge in [-0.1, -0.05) is 0 Å². The maximum absolute atomic E-state index is 12.0. The second-order valence-electron chi connectivity index (χ2n) is 4.76. The van der Waals surface area contributed by atoms with Crippen LogP contribution in [0, 0.1) is 0 Å². The molecule has 0 aromatic carbocycles. The lowest BCUT2D eigenvalue weighted by molar-refractivity contribution is -0.148. The minimum absolute atomic E-state index is 0.0455. The van der Waals surface area contributed by atoms with Crippen molar-refractivity contribution in [3.63, 3.8) is 0 Å². The van der Waals surface area contributed by atoms with Gasteiger partial charge in [0.15, 0.2) is 0 Å². The highest BCUT2D eigenvalue weighted by molar-refractivity contribution is 5.78. The second kappa shape index (κ2) is 7.04. The molecule has 0 saturated carbocycles. The molecule has 1 atom stereocenters. The van der Waals surface area contributed by atoms with E-state index >= 15 is 0 Å². The van der Waals surface area contributed by atoms with Gasteiger partial charge < -0.3 is 24.8 Å². The lowest BCUT2D eigenvalue weighted by atomic mass is 10.1. The van der Waals surface area contributed by atoms with Gasteiger partial charge in [-0.25, -0.2) is 0 Å². The van der Waals surface area contributed by atoms with E-state index in [1.807, 2.05) is 0 Å². The van der Waals surface area contributed by atoms with Crippen LogP contribution in [0.1, 0.15) is 12.8 Å². The number of morpholine rings is 1. The summed E-state index contributed by atoms with van der Waals surface area (Å²) in [5.74, 6) is -0.0455. The fourth-order valence-corrected chi connectivity index (χ4v) is 2.37. The van der Waals surface area contributed by atoms with Crippen molar-refractivity contribution >= 4 is 5.91 Å². The van der Waals surface area contributed by atoms with Crippen LogP contribution >= 0.6 is 0 Å². The van der Waals surface area contributed by atoms with Crippen molar-refractivity contribution in [1.29, 1.82) is 0 Å². The number of carbonyl (C=O) groups is 1. The molecule has 1 amide bonds. The molecular weight excluding hydrogens is 236 g/mol. The number of piperidine rings is 1. The third kappa shape index (κ3) is 3.65. The maximum atomic E-state index is 12.0. The molecule has 6 nitrogen and oxygen atoms in total. The van der Waals surface area contributed by atoms with Crippen molar-refractivity contribution in [2.24, 2.45) is 0 Å². The first-order valence-corrected chi connectivity index (χ1v) is 6.61. The van der Waals surface area contributed by atoms with Crippen molar-refractivity contribution in [2.75, 3.05) is 46.1 Å². The van der Waals surface area contributed by atoms with E-state index in [2.05, 4.69) is 5.32 Å². The summed E-state index contributed by atoms with van der Waals surface area (Å²) in [4.78, 5) is 13.7. The minimum atomic E-state index is -0.220. The predicted molar refractivity (Wildman–Crippen MR) is 65.2 cm³/mol. The summed E-state index contributed by atoms with van der Waals surface area (Å²) in [6, 6.07) is -0.220. The zero-order chi connectivity index (χ0) is 12.8. The summed E-state index contributed by atoms with van der Waals surface area (Å²) in [7, 11) is 0. The van der Waals surface area contributed by atoms with Gasteiger partial charge in [0.25, 0.3) is 0 Å². The molecule has 0 spiro atoms. The van der Waals surface area contributed by atoms with Gasteiger partial charge in [0, 0.05) is 6.54 Å². The monoisotopic (exact) mass is 258 g/mol. The van der Waals surface area contributed by atoms with Crippen LogP contribution in [0.3, 0.4) is 0 Å². The van der Waals surface area contributed by atoms with E-state index < -0.39 is 0 Å².